The van der Waals surface area contributed by atoms with Crippen molar-refractivity contribution in [1.82, 2.24) is 9.29 Å². The number of rotatable bonds is 8. The van der Waals surface area contributed by atoms with Gasteiger partial charge >= 0.3 is 0 Å². The fourth-order valence-corrected chi connectivity index (χ4v) is 5.42. The van der Waals surface area contributed by atoms with Crippen LogP contribution in [0.2, 0.25) is 0 Å². The molecule has 4 aromatic rings. The topological polar surface area (TPSA) is 123 Å². The maximum atomic E-state index is 13.9. The Morgan fingerprint density at radius 1 is 0.946 bits per heavy atom. The van der Waals surface area contributed by atoms with Crippen molar-refractivity contribution >= 4 is 39.3 Å². The maximum absolute atomic E-state index is 13.9. The molecule has 0 aliphatic carbocycles. The van der Waals surface area contributed by atoms with E-state index in [2.05, 4.69) is 10.6 Å². The van der Waals surface area contributed by atoms with Crippen LogP contribution in [-0.2, 0) is 26.2 Å². The van der Waals surface area contributed by atoms with Crippen LogP contribution < -0.4 is 16.4 Å². The van der Waals surface area contributed by atoms with Gasteiger partial charge in [-0.1, -0.05) is 60.7 Å². The highest BCUT2D eigenvalue weighted by atomic mass is 32.2. The lowest BCUT2D eigenvalue weighted by Gasteiger charge is -2.16. The van der Waals surface area contributed by atoms with Crippen molar-refractivity contribution in [2.45, 2.75) is 18.4 Å². The van der Waals surface area contributed by atoms with E-state index in [1.54, 1.807) is 48.5 Å². The predicted octanol–water partition coefficient (Wildman–Crippen LogP) is 4.26. The van der Waals surface area contributed by atoms with Crippen molar-refractivity contribution in [3.8, 4) is 11.1 Å². The minimum atomic E-state index is -4.05. The minimum Gasteiger partial charge on any atom is -0.397 e. The lowest BCUT2D eigenvalue weighted by atomic mass is 10.0. The summed E-state index contributed by atoms with van der Waals surface area (Å²) in [6, 6.07) is 22.8. The van der Waals surface area contributed by atoms with Gasteiger partial charge in [0.15, 0.2) is 0 Å². The van der Waals surface area contributed by atoms with Crippen LogP contribution in [-0.4, -0.2) is 24.2 Å². The molecule has 0 unspecified atom stereocenters. The van der Waals surface area contributed by atoms with E-state index in [1.165, 1.54) is 31.5 Å². The molecule has 4 N–H and O–H groups in total. The van der Waals surface area contributed by atoms with Gasteiger partial charge in [-0.15, -0.1) is 0 Å². The Morgan fingerprint density at radius 3 is 2.41 bits per heavy atom. The van der Waals surface area contributed by atoms with E-state index in [9.17, 15) is 18.0 Å². The molecule has 4 rings (SSSR count). The van der Waals surface area contributed by atoms with Gasteiger partial charge in [-0.3, -0.25) is 9.59 Å². The maximum Gasteiger partial charge on any atom is 0.268 e. The van der Waals surface area contributed by atoms with Crippen LogP contribution in [0.15, 0.2) is 102 Å². The number of amides is 2. The molecule has 1 aromatic heterocycles. The zero-order valence-corrected chi connectivity index (χ0v) is 20.9. The normalized spacial score (nSPS) is 11.4. The standard InChI is InChI=1S/C28H26N4O4S/c1-20(33)30-18-23-10-7-11-24(22-8-3-2-4-9-22)28(23)37(35,36)32-17-16-21(19-32)14-15-27(34)31-26-13-6-5-12-25(26)29/h2-17,19H,18,29H2,1H3,(H,30,33)(H,31,34)/b15-14+. The molecule has 0 radical (unpaired) electrons. The molecule has 37 heavy (non-hydrogen) atoms. The number of nitrogens with two attached hydrogens (primary N) is 1. The smallest absolute Gasteiger partial charge is 0.268 e. The molecule has 0 bridgehead atoms. The summed E-state index contributed by atoms with van der Waals surface area (Å²) in [4.78, 5) is 24.0. The number of carbonyl (C=O) groups excluding carboxylic acids is 2. The molecule has 2 amide bonds. The third-order valence-electron chi connectivity index (χ3n) is 5.58. The first kappa shape index (κ1) is 25.5. The minimum absolute atomic E-state index is 0.0569. The van der Waals surface area contributed by atoms with E-state index in [0.29, 0.717) is 28.1 Å². The van der Waals surface area contributed by atoms with E-state index in [4.69, 9.17) is 5.73 Å². The molecule has 0 aliphatic rings. The third kappa shape index (κ3) is 5.96. The van der Waals surface area contributed by atoms with E-state index in [0.717, 1.165) is 9.54 Å². The number of anilines is 2. The Hall–Kier alpha value is -4.63. The predicted molar refractivity (Wildman–Crippen MR) is 145 cm³/mol. The molecule has 188 valence electrons. The summed E-state index contributed by atoms with van der Waals surface area (Å²) in [5.41, 5.74) is 9.01. The highest BCUT2D eigenvalue weighted by Crippen LogP contribution is 2.32. The van der Waals surface area contributed by atoms with Gasteiger partial charge < -0.3 is 16.4 Å². The van der Waals surface area contributed by atoms with Crippen molar-refractivity contribution in [2.24, 2.45) is 0 Å². The fourth-order valence-electron chi connectivity index (χ4n) is 3.80. The van der Waals surface area contributed by atoms with Crippen LogP contribution in [0.5, 0.6) is 0 Å². The molecule has 0 atom stereocenters. The summed E-state index contributed by atoms with van der Waals surface area (Å²) in [6.07, 6.45) is 5.67. The SMILES string of the molecule is CC(=O)NCc1cccc(-c2ccccc2)c1S(=O)(=O)n1ccc(/C=C/C(=O)Nc2ccccc2N)c1. The number of benzene rings is 3. The van der Waals surface area contributed by atoms with Gasteiger partial charge in [0.25, 0.3) is 10.0 Å². The average molecular weight is 515 g/mol. The van der Waals surface area contributed by atoms with Crippen LogP contribution in [0, 0.1) is 0 Å². The van der Waals surface area contributed by atoms with Crippen molar-refractivity contribution in [1.29, 1.82) is 0 Å². The van der Waals surface area contributed by atoms with Gasteiger partial charge in [0.2, 0.25) is 11.8 Å². The first-order valence-corrected chi connectivity index (χ1v) is 12.9. The summed E-state index contributed by atoms with van der Waals surface area (Å²) in [6.45, 7) is 1.43. The quantitative estimate of drug-likeness (QED) is 0.239. The number of aromatic nitrogens is 1. The molecule has 0 spiro atoms. The highest BCUT2D eigenvalue weighted by Gasteiger charge is 2.25. The van der Waals surface area contributed by atoms with Crippen LogP contribution >= 0.6 is 0 Å². The fraction of sp³-hybridized carbons (Fsp3) is 0.0714. The molecule has 0 fully saturated rings. The van der Waals surface area contributed by atoms with Crippen LogP contribution in [0.25, 0.3) is 17.2 Å². The zero-order valence-electron chi connectivity index (χ0n) is 20.1. The largest absolute Gasteiger partial charge is 0.397 e. The van der Waals surface area contributed by atoms with E-state index < -0.39 is 15.9 Å². The van der Waals surface area contributed by atoms with Crippen LogP contribution in [0.1, 0.15) is 18.1 Å². The van der Waals surface area contributed by atoms with E-state index in [-0.39, 0.29) is 17.3 Å². The molecule has 1 heterocycles. The van der Waals surface area contributed by atoms with E-state index >= 15 is 0 Å². The summed E-state index contributed by atoms with van der Waals surface area (Å²) >= 11 is 0. The average Bonchev–Trinajstić information content (AvgIpc) is 3.38. The van der Waals surface area contributed by atoms with Crippen LogP contribution in [0.3, 0.4) is 0 Å². The number of hydrogen-bond acceptors (Lipinski definition) is 5. The van der Waals surface area contributed by atoms with Gasteiger partial charge in [0, 0.05) is 37.5 Å². The second-order valence-electron chi connectivity index (χ2n) is 8.26. The second-order valence-corrected chi connectivity index (χ2v) is 10.0. The van der Waals surface area contributed by atoms with Crippen molar-refractivity contribution < 1.29 is 18.0 Å². The number of hydrogen-bond donors (Lipinski definition) is 3. The van der Waals surface area contributed by atoms with Gasteiger partial charge in [-0.2, -0.15) is 0 Å². The second kappa shape index (κ2) is 11.0. The summed E-state index contributed by atoms with van der Waals surface area (Å²) in [7, 11) is -4.05. The molecule has 0 saturated heterocycles. The van der Waals surface area contributed by atoms with Crippen molar-refractivity contribution in [3.63, 3.8) is 0 Å². The lowest BCUT2D eigenvalue weighted by molar-refractivity contribution is -0.119. The molecule has 8 nitrogen and oxygen atoms in total. The van der Waals surface area contributed by atoms with Gasteiger partial charge in [-0.25, -0.2) is 12.4 Å². The third-order valence-corrected chi connectivity index (χ3v) is 7.36. The Morgan fingerprint density at radius 2 is 1.68 bits per heavy atom. The Labute approximate surface area is 215 Å². The van der Waals surface area contributed by atoms with Gasteiger partial charge in [0.05, 0.1) is 11.4 Å². The number of para-hydroxylation sites is 2. The molecule has 9 heteroatoms. The monoisotopic (exact) mass is 514 g/mol. The highest BCUT2D eigenvalue weighted by molar-refractivity contribution is 7.90. The summed E-state index contributed by atoms with van der Waals surface area (Å²) in [5, 5.41) is 5.38. The zero-order chi connectivity index (χ0) is 26.4. The Kier molecular flexibility index (Phi) is 7.55. The van der Waals surface area contributed by atoms with Gasteiger partial charge in [-0.05, 0) is 41.0 Å². The number of nitrogens with zero attached hydrogens (tertiary/aromatic N) is 1. The number of nitrogen functional groups attached to an aromatic ring is 1. The van der Waals surface area contributed by atoms with Crippen molar-refractivity contribution in [3.05, 3.63) is 108 Å². The van der Waals surface area contributed by atoms with Crippen LogP contribution in [0.4, 0.5) is 11.4 Å². The molecular weight excluding hydrogens is 488 g/mol. The molecule has 0 saturated carbocycles. The molecule has 3 aromatic carbocycles. The molecule has 0 aliphatic heterocycles. The summed E-state index contributed by atoms with van der Waals surface area (Å²) in [5.74, 6) is -0.669. The first-order chi connectivity index (χ1) is 17.8. The molecular formula is C28H26N4O4S. The van der Waals surface area contributed by atoms with Gasteiger partial charge in [0.1, 0.15) is 4.90 Å². The lowest BCUT2D eigenvalue weighted by Crippen LogP contribution is -2.22. The van der Waals surface area contributed by atoms with Crippen molar-refractivity contribution in [2.75, 3.05) is 11.1 Å². The summed E-state index contributed by atoms with van der Waals surface area (Å²) < 4.78 is 28.8. The number of nitrogens with one attached hydrogen (secondary N) is 2. The first-order valence-electron chi connectivity index (χ1n) is 11.4. The Bertz CT molecular complexity index is 1570. The number of carbonyl (C=O) groups is 2. The van der Waals surface area contributed by atoms with E-state index in [1.807, 2.05) is 30.3 Å². The Balaban J connectivity index is 1.66.